The first-order valence-corrected chi connectivity index (χ1v) is 7.83. The van der Waals surface area contributed by atoms with Gasteiger partial charge in [0.05, 0.1) is 15.5 Å². The SMILES string of the molecule is O=C(c1ccc([N+](=O)[O-])cc1Cl)N(Cc1ccc(F)cc1)C1CC1. The smallest absolute Gasteiger partial charge is 0.270 e. The lowest BCUT2D eigenvalue weighted by molar-refractivity contribution is -0.384. The second-order valence-corrected chi connectivity index (χ2v) is 6.12. The van der Waals surface area contributed by atoms with Crippen LogP contribution in [-0.4, -0.2) is 21.8 Å². The third-order valence-corrected chi connectivity index (χ3v) is 4.22. The Labute approximate surface area is 142 Å². The molecule has 1 fully saturated rings. The molecular formula is C17H14ClFN2O3. The third-order valence-electron chi connectivity index (χ3n) is 3.91. The minimum atomic E-state index is -0.558. The third kappa shape index (κ3) is 3.54. The van der Waals surface area contributed by atoms with Crippen molar-refractivity contribution in [3.8, 4) is 0 Å². The molecule has 5 nitrogen and oxygen atoms in total. The fourth-order valence-electron chi connectivity index (χ4n) is 2.49. The summed E-state index contributed by atoms with van der Waals surface area (Å²) in [5.41, 5.74) is 0.888. The van der Waals surface area contributed by atoms with Gasteiger partial charge < -0.3 is 4.90 Å². The van der Waals surface area contributed by atoms with Crippen molar-refractivity contribution in [1.82, 2.24) is 4.90 Å². The summed E-state index contributed by atoms with van der Waals surface area (Å²) in [7, 11) is 0. The maximum absolute atomic E-state index is 13.0. The average molecular weight is 349 g/mol. The molecule has 7 heteroatoms. The van der Waals surface area contributed by atoms with Gasteiger partial charge in [0.15, 0.2) is 0 Å². The van der Waals surface area contributed by atoms with E-state index in [0.29, 0.717) is 6.54 Å². The summed E-state index contributed by atoms with van der Waals surface area (Å²) in [4.78, 5) is 24.7. The van der Waals surface area contributed by atoms with Crippen LogP contribution in [0.1, 0.15) is 28.8 Å². The normalized spacial score (nSPS) is 13.6. The molecule has 0 unspecified atom stereocenters. The number of carbonyl (C=O) groups is 1. The van der Waals surface area contributed by atoms with Gasteiger partial charge in [0.2, 0.25) is 0 Å². The van der Waals surface area contributed by atoms with E-state index >= 15 is 0 Å². The zero-order chi connectivity index (χ0) is 17.3. The number of rotatable bonds is 5. The van der Waals surface area contributed by atoms with Crippen LogP contribution in [0.15, 0.2) is 42.5 Å². The summed E-state index contributed by atoms with van der Waals surface area (Å²) in [5, 5.41) is 10.8. The molecule has 2 aromatic rings. The number of halogens is 2. The van der Waals surface area contributed by atoms with Crippen LogP contribution in [0.2, 0.25) is 5.02 Å². The summed E-state index contributed by atoms with van der Waals surface area (Å²) >= 11 is 6.06. The zero-order valence-electron chi connectivity index (χ0n) is 12.6. The van der Waals surface area contributed by atoms with Crippen molar-refractivity contribution in [2.75, 3.05) is 0 Å². The second kappa shape index (κ2) is 6.57. The fourth-order valence-corrected chi connectivity index (χ4v) is 2.74. The maximum Gasteiger partial charge on any atom is 0.270 e. The number of benzene rings is 2. The van der Waals surface area contributed by atoms with E-state index < -0.39 is 4.92 Å². The van der Waals surface area contributed by atoms with E-state index in [1.54, 1.807) is 17.0 Å². The highest BCUT2D eigenvalue weighted by molar-refractivity contribution is 6.34. The van der Waals surface area contributed by atoms with Crippen molar-refractivity contribution in [3.05, 3.63) is 74.5 Å². The number of carbonyl (C=O) groups excluding carboxylic acids is 1. The van der Waals surface area contributed by atoms with Gasteiger partial charge in [-0.25, -0.2) is 4.39 Å². The Morgan fingerprint density at radius 1 is 1.25 bits per heavy atom. The highest BCUT2D eigenvalue weighted by Gasteiger charge is 2.34. The van der Waals surface area contributed by atoms with E-state index in [-0.39, 0.29) is 34.0 Å². The summed E-state index contributed by atoms with van der Waals surface area (Å²) in [5.74, 6) is -0.608. The van der Waals surface area contributed by atoms with Crippen molar-refractivity contribution in [1.29, 1.82) is 0 Å². The quantitative estimate of drug-likeness (QED) is 0.601. The molecule has 0 N–H and O–H groups in total. The topological polar surface area (TPSA) is 63.4 Å². The van der Waals surface area contributed by atoms with Gasteiger partial charge in [0.25, 0.3) is 11.6 Å². The molecule has 1 amide bonds. The lowest BCUT2D eigenvalue weighted by Gasteiger charge is -2.23. The van der Waals surface area contributed by atoms with E-state index in [0.717, 1.165) is 18.4 Å². The molecule has 0 radical (unpaired) electrons. The molecule has 2 aromatic carbocycles. The molecule has 124 valence electrons. The molecule has 0 bridgehead atoms. The largest absolute Gasteiger partial charge is 0.331 e. The predicted octanol–water partition coefficient (Wildman–Crippen LogP) is 4.19. The maximum atomic E-state index is 13.0. The molecule has 24 heavy (non-hydrogen) atoms. The summed E-state index contributed by atoms with van der Waals surface area (Å²) in [6, 6.07) is 9.91. The molecule has 0 saturated heterocycles. The van der Waals surface area contributed by atoms with Crippen molar-refractivity contribution in [3.63, 3.8) is 0 Å². The van der Waals surface area contributed by atoms with E-state index in [4.69, 9.17) is 11.6 Å². The van der Waals surface area contributed by atoms with Crippen LogP contribution in [-0.2, 0) is 6.54 Å². The standard InChI is InChI=1S/C17H14ClFN2O3/c18-16-9-14(21(23)24)7-8-15(16)17(22)20(13-5-6-13)10-11-1-3-12(19)4-2-11/h1-4,7-9,13H,5-6,10H2. The van der Waals surface area contributed by atoms with E-state index in [9.17, 15) is 19.3 Å². The lowest BCUT2D eigenvalue weighted by atomic mass is 10.1. The monoisotopic (exact) mass is 348 g/mol. The van der Waals surface area contributed by atoms with Gasteiger partial charge in [0.1, 0.15) is 5.82 Å². The number of amides is 1. The first-order valence-electron chi connectivity index (χ1n) is 7.45. The van der Waals surface area contributed by atoms with Gasteiger partial charge in [-0.05, 0) is 36.6 Å². The van der Waals surface area contributed by atoms with Gasteiger partial charge in [-0.15, -0.1) is 0 Å². The van der Waals surface area contributed by atoms with Gasteiger partial charge >= 0.3 is 0 Å². The summed E-state index contributed by atoms with van der Waals surface area (Å²) < 4.78 is 13.0. The van der Waals surface area contributed by atoms with Crippen LogP contribution in [0.5, 0.6) is 0 Å². The van der Waals surface area contributed by atoms with Gasteiger partial charge in [-0.2, -0.15) is 0 Å². The number of nitrogens with zero attached hydrogens (tertiary/aromatic N) is 2. The first kappa shape index (κ1) is 16.4. The van der Waals surface area contributed by atoms with E-state index in [1.165, 1.54) is 30.3 Å². The molecule has 0 atom stereocenters. The van der Waals surface area contributed by atoms with Crippen LogP contribution in [0.4, 0.5) is 10.1 Å². The molecule has 1 saturated carbocycles. The van der Waals surface area contributed by atoms with Crippen molar-refractivity contribution >= 4 is 23.2 Å². The minimum Gasteiger partial charge on any atom is -0.331 e. The molecular weight excluding hydrogens is 335 g/mol. The van der Waals surface area contributed by atoms with Crippen LogP contribution >= 0.6 is 11.6 Å². The van der Waals surface area contributed by atoms with Crippen LogP contribution in [0, 0.1) is 15.9 Å². The van der Waals surface area contributed by atoms with Crippen LogP contribution in [0.25, 0.3) is 0 Å². The number of nitro groups is 1. The van der Waals surface area contributed by atoms with Crippen molar-refractivity contribution in [2.24, 2.45) is 0 Å². The van der Waals surface area contributed by atoms with Gasteiger partial charge in [0, 0.05) is 24.7 Å². The molecule has 0 spiro atoms. The summed E-state index contributed by atoms with van der Waals surface area (Å²) in [6.45, 7) is 0.344. The number of nitro benzene ring substituents is 1. The van der Waals surface area contributed by atoms with Gasteiger partial charge in [-0.1, -0.05) is 23.7 Å². The Balaban J connectivity index is 1.85. The number of non-ortho nitro benzene ring substituents is 1. The molecule has 1 aliphatic rings. The number of hydrogen-bond acceptors (Lipinski definition) is 3. The number of hydrogen-bond donors (Lipinski definition) is 0. The van der Waals surface area contributed by atoms with Crippen molar-refractivity contribution < 1.29 is 14.1 Å². The van der Waals surface area contributed by atoms with Crippen molar-refractivity contribution in [2.45, 2.75) is 25.4 Å². The van der Waals surface area contributed by atoms with E-state index in [2.05, 4.69) is 0 Å². The zero-order valence-corrected chi connectivity index (χ0v) is 13.4. The Hall–Kier alpha value is -2.47. The molecule has 0 aliphatic heterocycles. The molecule has 1 aliphatic carbocycles. The predicted molar refractivity (Wildman–Crippen MR) is 87.4 cm³/mol. The highest BCUT2D eigenvalue weighted by atomic mass is 35.5. The average Bonchev–Trinajstić information content (AvgIpc) is 3.38. The Morgan fingerprint density at radius 2 is 1.92 bits per heavy atom. The first-order chi connectivity index (χ1) is 11.5. The summed E-state index contributed by atoms with van der Waals surface area (Å²) in [6.07, 6.45) is 1.80. The second-order valence-electron chi connectivity index (χ2n) is 5.71. The molecule has 0 aromatic heterocycles. The molecule has 3 rings (SSSR count). The van der Waals surface area contributed by atoms with Crippen LogP contribution in [0.3, 0.4) is 0 Å². The van der Waals surface area contributed by atoms with E-state index in [1.807, 2.05) is 0 Å². The fraction of sp³-hybridized carbons (Fsp3) is 0.235. The van der Waals surface area contributed by atoms with Gasteiger partial charge in [-0.3, -0.25) is 14.9 Å². The Kier molecular flexibility index (Phi) is 4.49. The minimum absolute atomic E-state index is 0.0546. The molecule has 0 heterocycles. The highest BCUT2D eigenvalue weighted by Crippen LogP contribution is 2.32. The lowest BCUT2D eigenvalue weighted by Crippen LogP contribution is -2.32. The van der Waals surface area contributed by atoms with Crippen LogP contribution < -0.4 is 0 Å². The Bertz CT molecular complexity index is 791. The Morgan fingerprint density at radius 3 is 2.46 bits per heavy atom.